The molecule has 1 N–H and O–H groups in total. The Labute approximate surface area is 151 Å². The van der Waals surface area contributed by atoms with E-state index in [0.717, 1.165) is 38.5 Å². The number of hydrogen-bond donors (Lipinski definition) is 1. The number of unbranched alkanes of at least 4 members (excludes halogenated alkanes) is 12. The second-order valence-electron chi connectivity index (χ2n) is 7.68. The predicted molar refractivity (Wildman–Crippen MR) is 106 cm³/mol. The Morgan fingerprint density at radius 2 is 1.00 bits per heavy atom. The smallest absolute Gasteiger partial charge is 0.309 e. The van der Waals surface area contributed by atoms with Crippen LogP contribution in [-0.2, 0) is 4.79 Å². The van der Waals surface area contributed by atoms with E-state index in [-0.39, 0.29) is 0 Å². The zero-order chi connectivity index (χ0) is 18.1. The summed E-state index contributed by atoms with van der Waals surface area (Å²) in [4.78, 5) is 11.7. The Kier molecular flexibility index (Phi) is 15.6. The monoisotopic (exact) mass is 340 g/mol. The molecule has 0 spiro atoms. The third kappa shape index (κ3) is 11.1. The molecule has 0 heterocycles. The molecule has 144 valence electrons. The highest BCUT2D eigenvalue weighted by Crippen LogP contribution is 2.35. The molecule has 2 heteroatoms. The van der Waals surface area contributed by atoms with Crippen molar-refractivity contribution in [3.05, 3.63) is 0 Å². The maximum Gasteiger partial charge on any atom is 0.309 e. The van der Waals surface area contributed by atoms with Crippen LogP contribution >= 0.6 is 0 Å². The van der Waals surface area contributed by atoms with Crippen LogP contribution in [-0.4, -0.2) is 11.1 Å². The molecule has 24 heavy (non-hydrogen) atoms. The van der Waals surface area contributed by atoms with E-state index in [0.29, 0.717) is 0 Å². The van der Waals surface area contributed by atoms with Crippen LogP contribution in [0.1, 0.15) is 130 Å². The predicted octanol–water partition coefficient (Wildman–Crippen LogP) is 7.75. The minimum atomic E-state index is -0.568. The van der Waals surface area contributed by atoms with Gasteiger partial charge in [-0.1, -0.05) is 111 Å². The molecule has 0 saturated carbocycles. The van der Waals surface area contributed by atoms with Gasteiger partial charge in [0.2, 0.25) is 0 Å². The van der Waals surface area contributed by atoms with E-state index in [4.69, 9.17) is 0 Å². The molecule has 0 amide bonds. The van der Waals surface area contributed by atoms with Crippen molar-refractivity contribution in [1.29, 1.82) is 0 Å². The fourth-order valence-corrected chi connectivity index (χ4v) is 3.66. The molecular formula is C22H44O2. The van der Waals surface area contributed by atoms with Crippen molar-refractivity contribution in [2.24, 2.45) is 5.41 Å². The molecule has 0 aliphatic carbocycles. The highest BCUT2D eigenvalue weighted by molar-refractivity contribution is 5.74. The van der Waals surface area contributed by atoms with Gasteiger partial charge in [-0.2, -0.15) is 0 Å². The van der Waals surface area contributed by atoms with E-state index in [1.807, 2.05) is 6.92 Å². The summed E-state index contributed by atoms with van der Waals surface area (Å²) in [6.07, 6.45) is 20.7. The van der Waals surface area contributed by atoms with Crippen molar-refractivity contribution in [2.45, 2.75) is 130 Å². The van der Waals surface area contributed by atoms with E-state index >= 15 is 0 Å². The van der Waals surface area contributed by atoms with Crippen molar-refractivity contribution < 1.29 is 9.90 Å². The zero-order valence-electron chi connectivity index (χ0n) is 16.9. The van der Waals surface area contributed by atoms with Gasteiger partial charge in [-0.25, -0.2) is 0 Å². The van der Waals surface area contributed by atoms with Gasteiger partial charge in [0.15, 0.2) is 0 Å². The Hall–Kier alpha value is -0.530. The summed E-state index contributed by atoms with van der Waals surface area (Å²) in [7, 11) is 0. The van der Waals surface area contributed by atoms with Gasteiger partial charge in [0.1, 0.15) is 0 Å². The van der Waals surface area contributed by atoms with Crippen molar-refractivity contribution in [3.63, 3.8) is 0 Å². The second kappa shape index (κ2) is 16.0. The minimum absolute atomic E-state index is 0.450. The summed E-state index contributed by atoms with van der Waals surface area (Å²) >= 11 is 0. The van der Waals surface area contributed by atoms with Crippen molar-refractivity contribution in [2.75, 3.05) is 0 Å². The number of carboxylic acid groups (broad SMARTS) is 1. The Bertz CT molecular complexity index is 288. The Balaban J connectivity index is 3.63. The van der Waals surface area contributed by atoms with Crippen LogP contribution < -0.4 is 0 Å². The third-order valence-corrected chi connectivity index (χ3v) is 5.65. The van der Waals surface area contributed by atoms with E-state index < -0.39 is 11.4 Å². The van der Waals surface area contributed by atoms with E-state index in [1.54, 1.807) is 0 Å². The number of hydrogen-bond acceptors (Lipinski definition) is 1. The summed E-state index contributed by atoms with van der Waals surface area (Å²) in [6.45, 7) is 6.46. The lowest BCUT2D eigenvalue weighted by atomic mass is 9.76. The molecule has 0 aromatic carbocycles. The molecule has 0 aliphatic rings. The zero-order valence-corrected chi connectivity index (χ0v) is 16.9. The molecule has 0 aromatic rings. The molecular weight excluding hydrogens is 296 g/mol. The summed E-state index contributed by atoms with van der Waals surface area (Å²) < 4.78 is 0. The molecule has 1 unspecified atom stereocenters. The first-order chi connectivity index (χ1) is 11.6. The first-order valence-electron chi connectivity index (χ1n) is 10.9. The van der Waals surface area contributed by atoms with Crippen molar-refractivity contribution in [1.82, 2.24) is 0 Å². The molecule has 0 fully saturated rings. The fourth-order valence-electron chi connectivity index (χ4n) is 3.66. The summed E-state index contributed by atoms with van der Waals surface area (Å²) in [6, 6.07) is 0. The Morgan fingerprint density at radius 1 is 0.625 bits per heavy atom. The van der Waals surface area contributed by atoms with Gasteiger partial charge >= 0.3 is 5.97 Å². The van der Waals surface area contributed by atoms with E-state index in [9.17, 15) is 9.90 Å². The maximum absolute atomic E-state index is 11.7. The summed E-state index contributed by atoms with van der Waals surface area (Å²) in [5.41, 5.74) is -0.450. The minimum Gasteiger partial charge on any atom is -0.481 e. The second-order valence-corrected chi connectivity index (χ2v) is 7.68. The van der Waals surface area contributed by atoms with Gasteiger partial charge in [0, 0.05) is 0 Å². The molecule has 0 radical (unpaired) electrons. The van der Waals surface area contributed by atoms with Gasteiger partial charge in [-0.05, 0) is 19.3 Å². The van der Waals surface area contributed by atoms with Crippen molar-refractivity contribution in [3.8, 4) is 0 Å². The molecule has 0 aliphatic heterocycles. The van der Waals surface area contributed by atoms with Crippen LogP contribution in [0.2, 0.25) is 0 Å². The number of carboxylic acids is 1. The fraction of sp³-hybridized carbons (Fsp3) is 0.955. The van der Waals surface area contributed by atoms with Crippen LogP contribution in [0.25, 0.3) is 0 Å². The van der Waals surface area contributed by atoms with Crippen LogP contribution in [0.5, 0.6) is 0 Å². The van der Waals surface area contributed by atoms with E-state index in [2.05, 4.69) is 13.8 Å². The highest BCUT2D eigenvalue weighted by atomic mass is 16.4. The first-order valence-corrected chi connectivity index (χ1v) is 10.9. The average Bonchev–Trinajstić information content (AvgIpc) is 2.58. The Morgan fingerprint density at radius 3 is 1.38 bits per heavy atom. The van der Waals surface area contributed by atoms with Crippen LogP contribution in [0.3, 0.4) is 0 Å². The molecule has 0 aromatic heterocycles. The lowest BCUT2D eigenvalue weighted by Gasteiger charge is -2.28. The normalized spacial score (nSPS) is 13.8. The van der Waals surface area contributed by atoms with Gasteiger partial charge in [-0.3, -0.25) is 4.79 Å². The molecule has 0 rings (SSSR count). The lowest BCUT2D eigenvalue weighted by Crippen LogP contribution is -2.30. The average molecular weight is 341 g/mol. The van der Waals surface area contributed by atoms with Crippen LogP contribution in [0.4, 0.5) is 0 Å². The van der Waals surface area contributed by atoms with Gasteiger partial charge in [0.25, 0.3) is 0 Å². The SMILES string of the molecule is CCCCCCCCCCCCCCC(CC)(CCCC)C(=O)O. The lowest BCUT2D eigenvalue weighted by molar-refractivity contribution is -0.150. The van der Waals surface area contributed by atoms with Gasteiger partial charge < -0.3 is 5.11 Å². The van der Waals surface area contributed by atoms with Crippen LogP contribution in [0, 0.1) is 5.41 Å². The largest absolute Gasteiger partial charge is 0.481 e. The molecule has 2 nitrogen and oxygen atoms in total. The number of rotatable bonds is 18. The van der Waals surface area contributed by atoms with Gasteiger partial charge in [0.05, 0.1) is 5.41 Å². The van der Waals surface area contributed by atoms with Crippen LogP contribution in [0.15, 0.2) is 0 Å². The standard InChI is InChI=1S/C22H44O2/c1-4-7-9-10-11-12-13-14-15-16-17-18-20-22(6-3,21(23)24)19-8-5-2/h4-20H2,1-3H3,(H,23,24). The number of carbonyl (C=O) groups is 1. The topological polar surface area (TPSA) is 37.3 Å². The summed E-state index contributed by atoms with van der Waals surface area (Å²) in [5.74, 6) is -0.568. The number of aliphatic carboxylic acids is 1. The third-order valence-electron chi connectivity index (χ3n) is 5.65. The highest BCUT2D eigenvalue weighted by Gasteiger charge is 2.35. The quantitative estimate of drug-likeness (QED) is 0.259. The van der Waals surface area contributed by atoms with E-state index in [1.165, 1.54) is 70.6 Å². The molecule has 1 atom stereocenters. The molecule has 0 saturated heterocycles. The van der Waals surface area contributed by atoms with Crippen molar-refractivity contribution >= 4 is 5.97 Å². The molecule has 0 bridgehead atoms. The summed E-state index contributed by atoms with van der Waals surface area (Å²) in [5, 5.41) is 9.63. The first kappa shape index (κ1) is 23.5. The van der Waals surface area contributed by atoms with Gasteiger partial charge in [-0.15, -0.1) is 0 Å². The maximum atomic E-state index is 11.7.